The van der Waals surface area contributed by atoms with Crippen molar-refractivity contribution >= 4 is 35.5 Å². The Balaban J connectivity index is 1.56. The second-order valence-electron chi connectivity index (χ2n) is 9.65. The molecule has 1 aromatic heterocycles. The fourth-order valence-electron chi connectivity index (χ4n) is 4.36. The predicted molar refractivity (Wildman–Crippen MR) is 138 cm³/mol. The molecular weight excluding hydrogens is 448 g/mol. The van der Waals surface area contributed by atoms with Gasteiger partial charge >= 0.3 is 6.09 Å². The average molecular weight is 481 g/mol. The normalized spacial score (nSPS) is 16.3. The van der Waals surface area contributed by atoms with Crippen LogP contribution in [0, 0.1) is 0 Å². The number of aromatic amines is 1. The van der Waals surface area contributed by atoms with E-state index in [0.717, 1.165) is 40.6 Å². The van der Waals surface area contributed by atoms with Crippen molar-refractivity contribution in [2.45, 2.75) is 38.2 Å². The zero-order chi connectivity index (χ0) is 24.5. The third-order valence-corrected chi connectivity index (χ3v) is 6.64. The summed E-state index contributed by atoms with van der Waals surface area (Å²) in [5, 5.41) is 0.882. The maximum atomic E-state index is 12.5. The third-order valence-electron chi connectivity index (χ3n) is 6.01. The summed E-state index contributed by atoms with van der Waals surface area (Å²) in [6, 6.07) is 13.6. The number of thiol groups is 1. The molecule has 1 unspecified atom stereocenters. The Hall–Kier alpha value is -2.97. The molecule has 7 nitrogen and oxygen atoms in total. The smallest absolute Gasteiger partial charge is 0.410 e. The number of hydrogen-bond acceptors (Lipinski definition) is 5. The van der Waals surface area contributed by atoms with Crippen LogP contribution in [0.5, 0.6) is 0 Å². The highest BCUT2D eigenvalue weighted by Gasteiger charge is 2.27. The van der Waals surface area contributed by atoms with Gasteiger partial charge in [-0.25, -0.2) is 4.79 Å². The van der Waals surface area contributed by atoms with Gasteiger partial charge in [0.15, 0.2) is 0 Å². The Kier molecular flexibility index (Phi) is 6.91. The number of nitrogens with one attached hydrogen (secondary N) is 1. The lowest BCUT2D eigenvalue weighted by Gasteiger charge is -2.28. The number of H-pyrrole nitrogens is 1. The Bertz CT molecular complexity index is 1200. The summed E-state index contributed by atoms with van der Waals surface area (Å²) >= 11 is 4.95. The Morgan fingerprint density at radius 1 is 1.06 bits per heavy atom. The quantitative estimate of drug-likeness (QED) is 0.468. The second kappa shape index (κ2) is 9.72. The molecule has 0 spiro atoms. The number of primary amides is 1. The predicted octanol–water partition coefficient (Wildman–Crippen LogP) is 4.81. The monoisotopic (exact) mass is 480 g/mol. The highest BCUT2D eigenvalue weighted by Crippen LogP contribution is 2.35. The van der Waals surface area contributed by atoms with Crippen molar-refractivity contribution in [3.05, 3.63) is 59.8 Å². The van der Waals surface area contributed by atoms with E-state index in [2.05, 4.69) is 22.0 Å². The molecule has 0 radical (unpaired) electrons. The standard InChI is InChI=1S/C26H32N4O3S/c1-26(2,3)33-25(32)30-12-6-11-29(13-14-30)24(34)17-9-10-22-20(15-17)21(16-28-22)18-7-4-5-8-19(18)23(27)31/h4-5,7-10,15-16,24,28,34H,6,11-14H2,1-3H3,(H2,27,31). The summed E-state index contributed by atoms with van der Waals surface area (Å²) in [7, 11) is 0. The van der Waals surface area contributed by atoms with Crippen LogP contribution in [0.2, 0.25) is 0 Å². The lowest BCUT2D eigenvalue weighted by atomic mass is 9.98. The van der Waals surface area contributed by atoms with Gasteiger partial charge in [0.25, 0.3) is 0 Å². The molecule has 3 N–H and O–H groups in total. The molecule has 4 rings (SSSR count). The van der Waals surface area contributed by atoms with Gasteiger partial charge in [-0.15, -0.1) is 0 Å². The highest BCUT2D eigenvalue weighted by atomic mass is 32.1. The van der Waals surface area contributed by atoms with Crippen molar-refractivity contribution in [1.82, 2.24) is 14.8 Å². The van der Waals surface area contributed by atoms with E-state index in [-0.39, 0.29) is 11.5 Å². The van der Waals surface area contributed by atoms with Gasteiger partial charge in [0.1, 0.15) is 5.60 Å². The zero-order valence-electron chi connectivity index (χ0n) is 19.9. The third kappa shape index (κ3) is 5.23. The van der Waals surface area contributed by atoms with Gasteiger partial charge in [-0.2, -0.15) is 12.6 Å². The number of fused-ring (bicyclic) bond motifs is 1. The van der Waals surface area contributed by atoms with E-state index in [0.29, 0.717) is 25.2 Å². The van der Waals surface area contributed by atoms with E-state index in [1.807, 2.05) is 51.2 Å². The average Bonchev–Trinajstić information content (AvgIpc) is 3.04. The number of rotatable bonds is 4. The number of ether oxygens (including phenoxy) is 1. The molecule has 1 aliphatic rings. The number of aromatic nitrogens is 1. The minimum Gasteiger partial charge on any atom is -0.444 e. The van der Waals surface area contributed by atoms with Gasteiger partial charge in [-0.1, -0.05) is 24.3 Å². The van der Waals surface area contributed by atoms with Gasteiger partial charge in [0, 0.05) is 54.4 Å². The number of amides is 2. The molecule has 2 aromatic carbocycles. The number of hydrogen-bond donors (Lipinski definition) is 3. The number of nitrogens with two attached hydrogens (primary N) is 1. The topological polar surface area (TPSA) is 91.7 Å². The van der Waals surface area contributed by atoms with Crippen LogP contribution < -0.4 is 5.73 Å². The van der Waals surface area contributed by atoms with Crippen LogP contribution in [0.3, 0.4) is 0 Å². The van der Waals surface area contributed by atoms with Gasteiger partial charge in [-0.3, -0.25) is 9.69 Å². The highest BCUT2D eigenvalue weighted by molar-refractivity contribution is 7.80. The maximum absolute atomic E-state index is 12.5. The van der Waals surface area contributed by atoms with Crippen LogP contribution in [0.1, 0.15) is 48.5 Å². The number of carbonyl (C=O) groups excluding carboxylic acids is 2. The first-order valence-electron chi connectivity index (χ1n) is 11.5. The van der Waals surface area contributed by atoms with E-state index in [9.17, 15) is 9.59 Å². The van der Waals surface area contributed by atoms with Gasteiger partial charge in [0.2, 0.25) is 5.91 Å². The first-order chi connectivity index (χ1) is 16.1. The molecule has 8 heteroatoms. The summed E-state index contributed by atoms with van der Waals surface area (Å²) in [5.74, 6) is -0.452. The number of benzene rings is 2. The van der Waals surface area contributed by atoms with Crippen molar-refractivity contribution in [1.29, 1.82) is 0 Å². The number of carbonyl (C=O) groups is 2. The molecule has 0 bridgehead atoms. The molecule has 2 amide bonds. The maximum Gasteiger partial charge on any atom is 0.410 e. The van der Waals surface area contributed by atoms with E-state index in [4.69, 9.17) is 23.1 Å². The summed E-state index contributed by atoms with van der Waals surface area (Å²) < 4.78 is 5.55. The zero-order valence-corrected chi connectivity index (χ0v) is 20.8. The van der Waals surface area contributed by atoms with E-state index in [1.54, 1.807) is 11.0 Å². The summed E-state index contributed by atoms with van der Waals surface area (Å²) in [6.07, 6.45) is 2.49. The van der Waals surface area contributed by atoms with E-state index in [1.165, 1.54) is 0 Å². The van der Waals surface area contributed by atoms with Crippen molar-refractivity contribution < 1.29 is 14.3 Å². The summed E-state index contributed by atoms with van der Waals surface area (Å²) in [6.45, 7) is 8.43. The minimum absolute atomic E-state index is 0.128. The fourth-order valence-corrected chi connectivity index (χ4v) is 4.75. The summed E-state index contributed by atoms with van der Waals surface area (Å²) in [5.41, 5.74) is 9.36. The molecule has 0 aliphatic carbocycles. The lowest BCUT2D eigenvalue weighted by molar-refractivity contribution is 0.0257. The molecule has 1 fully saturated rings. The largest absolute Gasteiger partial charge is 0.444 e. The fraction of sp³-hybridized carbons (Fsp3) is 0.385. The van der Waals surface area contributed by atoms with E-state index < -0.39 is 11.5 Å². The molecular formula is C26H32N4O3S. The van der Waals surface area contributed by atoms with Crippen LogP contribution in [0.15, 0.2) is 48.7 Å². The SMILES string of the molecule is CC(C)(C)OC(=O)N1CCCN(C(S)c2ccc3[nH]cc(-c4ccccc4C(N)=O)c3c2)CC1. The number of nitrogens with zero attached hydrogens (tertiary/aromatic N) is 2. The van der Waals surface area contributed by atoms with Crippen LogP contribution in [0.4, 0.5) is 4.79 Å². The molecule has 2 heterocycles. The minimum atomic E-state index is -0.508. The van der Waals surface area contributed by atoms with Crippen molar-refractivity contribution in [3.63, 3.8) is 0 Å². The Morgan fingerprint density at radius 3 is 2.56 bits per heavy atom. The molecule has 34 heavy (non-hydrogen) atoms. The molecule has 180 valence electrons. The van der Waals surface area contributed by atoms with Crippen LogP contribution in [0.25, 0.3) is 22.0 Å². The Morgan fingerprint density at radius 2 is 1.82 bits per heavy atom. The molecule has 3 aromatic rings. The molecule has 1 atom stereocenters. The van der Waals surface area contributed by atoms with Crippen LogP contribution in [-0.2, 0) is 4.74 Å². The van der Waals surface area contributed by atoms with Crippen molar-refractivity contribution in [2.75, 3.05) is 26.2 Å². The van der Waals surface area contributed by atoms with Crippen molar-refractivity contribution in [2.24, 2.45) is 5.73 Å². The van der Waals surface area contributed by atoms with Crippen molar-refractivity contribution in [3.8, 4) is 11.1 Å². The van der Waals surface area contributed by atoms with E-state index >= 15 is 0 Å². The van der Waals surface area contributed by atoms with Crippen LogP contribution in [-0.4, -0.2) is 58.6 Å². The van der Waals surface area contributed by atoms with Gasteiger partial charge < -0.3 is 20.4 Å². The molecule has 0 saturated carbocycles. The molecule has 1 saturated heterocycles. The molecule has 1 aliphatic heterocycles. The van der Waals surface area contributed by atoms with Gasteiger partial charge in [-0.05, 0) is 56.5 Å². The first-order valence-corrected chi connectivity index (χ1v) is 12.1. The first kappa shape index (κ1) is 24.2. The van der Waals surface area contributed by atoms with Crippen LogP contribution >= 0.6 is 12.6 Å². The lowest BCUT2D eigenvalue weighted by Crippen LogP contribution is -2.39. The van der Waals surface area contributed by atoms with Gasteiger partial charge in [0.05, 0.1) is 5.37 Å². The second-order valence-corrected chi connectivity index (χ2v) is 10.1. The summed E-state index contributed by atoms with van der Waals surface area (Å²) in [4.78, 5) is 31.8. The Labute approximate surface area is 205 Å².